The molecule has 2 aromatic carbocycles. The van der Waals surface area contributed by atoms with Gasteiger partial charge in [0.1, 0.15) is 0 Å². The number of esters is 1. The summed E-state index contributed by atoms with van der Waals surface area (Å²) in [6.45, 7) is 4.19. The van der Waals surface area contributed by atoms with E-state index >= 15 is 0 Å². The highest BCUT2D eigenvalue weighted by Gasteiger charge is 2.09. The molecule has 2 aromatic rings. The van der Waals surface area contributed by atoms with Crippen LogP contribution in [0.3, 0.4) is 0 Å². The van der Waals surface area contributed by atoms with Crippen LogP contribution in [0.4, 0.5) is 0 Å². The van der Waals surface area contributed by atoms with Crippen molar-refractivity contribution in [1.29, 1.82) is 0 Å². The SMILES string of the molecule is CCOC(=O)c1cc(C)cc(-c2ccccc2)c1. The van der Waals surface area contributed by atoms with E-state index in [1.165, 1.54) is 0 Å². The molecule has 18 heavy (non-hydrogen) atoms. The first-order valence-electron chi connectivity index (χ1n) is 6.05. The van der Waals surface area contributed by atoms with Crippen molar-refractivity contribution >= 4 is 5.97 Å². The molecule has 0 bridgehead atoms. The quantitative estimate of drug-likeness (QED) is 0.762. The van der Waals surface area contributed by atoms with Crippen LogP contribution in [0.2, 0.25) is 0 Å². The number of aryl methyl sites for hydroxylation is 1. The Hall–Kier alpha value is -2.09. The van der Waals surface area contributed by atoms with Gasteiger partial charge in [-0.25, -0.2) is 4.79 Å². The normalized spacial score (nSPS) is 10.1. The molecule has 0 aliphatic rings. The van der Waals surface area contributed by atoms with E-state index in [-0.39, 0.29) is 5.97 Å². The summed E-state index contributed by atoms with van der Waals surface area (Å²) in [6.07, 6.45) is 0. The van der Waals surface area contributed by atoms with Crippen molar-refractivity contribution in [3.63, 3.8) is 0 Å². The van der Waals surface area contributed by atoms with Crippen LogP contribution in [0.15, 0.2) is 48.5 Å². The molecule has 2 nitrogen and oxygen atoms in total. The lowest BCUT2D eigenvalue weighted by Crippen LogP contribution is -2.05. The number of carbonyl (C=O) groups excluding carboxylic acids is 1. The molecule has 0 unspecified atom stereocenters. The maximum absolute atomic E-state index is 11.8. The van der Waals surface area contributed by atoms with Gasteiger partial charge in [0.15, 0.2) is 0 Å². The molecule has 0 spiro atoms. The van der Waals surface area contributed by atoms with Gasteiger partial charge < -0.3 is 4.74 Å². The van der Waals surface area contributed by atoms with E-state index in [1.54, 1.807) is 0 Å². The van der Waals surface area contributed by atoms with Gasteiger partial charge in [0.25, 0.3) is 0 Å². The molecule has 0 aromatic heterocycles. The summed E-state index contributed by atoms with van der Waals surface area (Å²) < 4.78 is 5.03. The zero-order valence-electron chi connectivity index (χ0n) is 10.6. The maximum atomic E-state index is 11.8. The summed E-state index contributed by atoms with van der Waals surface area (Å²) >= 11 is 0. The van der Waals surface area contributed by atoms with Gasteiger partial charge in [-0.05, 0) is 42.7 Å². The second-order valence-electron chi connectivity index (χ2n) is 4.17. The molecule has 0 aliphatic heterocycles. The van der Waals surface area contributed by atoms with E-state index in [0.29, 0.717) is 12.2 Å². The van der Waals surface area contributed by atoms with Crippen LogP contribution >= 0.6 is 0 Å². The summed E-state index contributed by atoms with van der Waals surface area (Å²) in [5.74, 6) is -0.265. The average Bonchev–Trinajstić information content (AvgIpc) is 2.39. The van der Waals surface area contributed by atoms with E-state index in [1.807, 2.05) is 56.3 Å². The van der Waals surface area contributed by atoms with Crippen molar-refractivity contribution in [1.82, 2.24) is 0 Å². The van der Waals surface area contributed by atoms with Crippen LogP contribution < -0.4 is 0 Å². The minimum atomic E-state index is -0.265. The molecule has 2 rings (SSSR count). The van der Waals surface area contributed by atoms with Gasteiger partial charge >= 0.3 is 5.97 Å². The van der Waals surface area contributed by atoms with Crippen molar-refractivity contribution < 1.29 is 9.53 Å². The van der Waals surface area contributed by atoms with Gasteiger partial charge in [0.05, 0.1) is 12.2 Å². The lowest BCUT2D eigenvalue weighted by molar-refractivity contribution is 0.0526. The Morgan fingerprint density at radius 2 is 1.78 bits per heavy atom. The minimum Gasteiger partial charge on any atom is -0.462 e. The smallest absolute Gasteiger partial charge is 0.338 e. The topological polar surface area (TPSA) is 26.3 Å². The third-order valence-electron chi connectivity index (χ3n) is 2.70. The first kappa shape index (κ1) is 12.4. The fourth-order valence-electron chi connectivity index (χ4n) is 1.91. The van der Waals surface area contributed by atoms with Gasteiger partial charge in [0.2, 0.25) is 0 Å². The summed E-state index contributed by atoms with van der Waals surface area (Å²) in [5, 5.41) is 0. The largest absolute Gasteiger partial charge is 0.462 e. The van der Waals surface area contributed by atoms with E-state index in [9.17, 15) is 4.79 Å². The maximum Gasteiger partial charge on any atom is 0.338 e. The molecule has 0 atom stereocenters. The van der Waals surface area contributed by atoms with Crippen LogP contribution in [0.1, 0.15) is 22.8 Å². The number of carbonyl (C=O) groups is 1. The summed E-state index contributed by atoms with van der Waals surface area (Å²) in [4.78, 5) is 11.8. The fourth-order valence-corrected chi connectivity index (χ4v) is 1.91. The van der Waals surface area contributed by atoms with Crippen LogP contribution in [0.5, 0.6) is 0 Å². The molecule has 0 aliphatic carbocycles. The molecule has 92 valence electrons. The van der Waals surface area contributed by atoms with Crippen molar-refractivity contribution in [3.05, 3.63) is 59.7 Å². The van der Waals surface area contributed by atoms with Crippen LogP contribution in [-0.4, -0.2) is 12.6 Å². The molecular weight excluding hydrogens is 224 g/mol. The van der Waals surface area contributed by atoms with Crippen LogP contribution in [-0.2, 0) is 4.74 Å². The van der Waals surface area contributed by atoms with Crippen LogP contribution in [0, 0.1) is 6.92 Å². The Labute approximate surface area is 107 Å². The van der Waals surface area contributed by atoms with Gasteiger partial charge in [-0.2, -0.15) is 0 Å². The van der Waals surface area contributed by atoms with Crippen molar-refractivity contribution in [2.45, 2.75) is 13.8 Å². The monoisotopic (exact) mass is 240 g/mol. The molecule has 0 fully saturated rings. The number of ether oxygens (including phenoxy) is 1. The highest BCUT2D eigenvalue weighted by Crippen LogP contribution is 2.22. The second kappa shape index (κ2) is 5.50. The highest BCUT2D eigenvalue weighted by atomic mass is 16.5. The molecule has 2 heteroatoms. The fraction of sp³-hybridized carbons (Fsp3) is 0.188. The minimum absolute atomic E-state index is 0.265. The summed E-state index contributed by atoms with van der Waals surface area (Å²) in [7, 11) is 0. The molecule has 0 saturated carbocycles. The summed E-state index contributed by atoms with van der Waals surface area (Å²) in [6, 6.07) is 15.8. The van der Waals surface area contributed by atoms with Gasteiger partial charge in [-0.1, -0.05) is 36.4 Å². The Morgan fingerprint density at radius 3 is 2.44 bits per heavy atom. The highest BCUT2D eigenvalue weighted by molar-refractivity contribution is 5.91. The molecule has 0 radical (unpaired) electrons. The number of hydrogen-bond acceptors (Lipinski definition) is 2. The van der Waals surface area contributed by atoms with Crippen molar-refractivity contribution in [2.75, 3.05) is 6.61 Å². The average molecular weight is 240 g/mol. The van der Waals surface area contributed by atoms with Crippen molar-refractivity contribution in [2.24, 2.45) is 0 Å². The van der Waals surface area contributed by atoms with E-state index in [2.05, 4.69) is 6.07 Å². The predicted octanol–water partition coefficient (Wildman–Crippen LogP) is 3.84. The lowest BCUT2D eigenvalue weighted by atomic mass is 10.0. The Morgan fingerprint density at radius 1 is 1.06 bits per heavy atom. The molecule has 0 saturated heterocycles. The number of hydrogen-bond donors (Lipinski definition) is 0. The number of benzene rings is 2. The predicted molar refractivity (Wildman–Crippen MR) is 72.6 cm³/mol. The van der Waals surface area contributed by atoms with E-state index in [0.717, 1.165) is 16.7 Å². The first-order valence-corrected chi connectivity index (χ1v) is 6.05. The molecule has 0 N–H and O–H groups in total. The first-order chi connectivity index (χ1) is 8.70. The van der Waals surface area contributed by atoms with Gasteiger partial charge in [-0.15, -0.1) is 0 Å². The van der Waals surface area contributed by atoms with Crippen molar-refractivity contribution in [3.8, 4) is 11.1 Å². The Bertz CT molecular complexity index is 544. The van der Waals surface area contributed by atoms with E-state index < -0.39 is 0 Å². The third-order valence-corrected chi connectivity index (χ3v) is 2.70. The zero-order chi connectivity index (χ0) is 13.0. The molecule has 0 amide bonds. The zero-order valence-corrected chi connectivity index (χ0v) is 10.6. The summed E-state index contributed by atoms with van der Waals surface area (Å²) in [5.41, 5.74) is 3.81. The molecule has 0 heterocycles. The Balaban J connectivity index is 2.41. The second-order valence-corrected chi connectivity index (χ2v) is 4.17. The Kier molecular flexibility index (Phi) is 3.78. The number of rotatable bonds is 3. The van der Waals surface area contributed by atoms with Crippen LogP contribution in [0.25, 0.3) is 11.1 Å². The van der Waals surface area contributed by atoms with Gasteiger partial charge in [0, 0.05) is 0 Å². The third kappa shape index (κ3) is 2.77. The molecular formula is C16H16O2. The standard InChI is InChI=1S/C16H16O2/c1-3-18-16(17)15-10-12(2)9-14(11-15)13-7-5-4-6-8-13/h4-11H,3H2,1-2H3. The van der Waals surface area contributed by atoms with Gasteiger partial charge in [-0.3, -0.25) is 0 Å². The lowest BCUT2D eigenvalue weighted by Gasteiger charge is -2.07. The van der Waals surface area contributed by atoms with E-state index in [4.69, 9.17) is 4.74 Å².